The number of hydrogen-bond acceptors (Lipinski definition) is 4. The molecule has 0 spiro atoms. The Kier molecular flexibility index (Phi) is 4.54. The summed E-state index contributed by atoms with van der Waals surface area (Å²) in [7, 11) is 0. The molecule has 4 nitrogen and oxygen atoms in total. The zero-order valence-corrected chi connectivity index (χ0v) is 8.90. The lowest BCUT2D eigenvalue weighted by Crippen LogP contribution is -2.28. The Bertz CT molecular complexity index is 360. The third kappa shape index (κ3) is 3.86. The third-order valence-corrected chi connectivity index (χ3v) is 2.46. The van der Waals surface area contributed by atoms with Gasteiger partial charge in [0.2, 0.25) is 0 Å². The molecule has 6 heteroatoms. The van der Waals surface area contributed by atoms with E-state index in [-0.39, 0.29) is 12.4 Å². The van der Waals surface area contributed by atoms with Gasteiger partial charge in [-0.1, -0.05) is 0 Å². The molecule has 15 heavy (non-hydrogen) atoms. The second-order valence-electron chi connectivity index (χ2n) is 2.87. The fraction of sp³-hybridized carbons (Fsp3) is 0.222. The maximum Gasteiger partial charge on any atom is 0.258 e. The van der Waals surface area contributed by atoms with Gasteiger partial charge < -0.3 is 0 Å². The highest BCUT2D eigenvalue weighted by molar-refractivity contribution is 7.97. The van der Waals surface area contributed by atoms with Crippen molar-refractivity contribution in [3.8, 4) is 0 Å². The Morgan fingerprint density at radius 3 is 2.93 bits per heavy atom. The first kappa shape index (κ1) is 12.0. The molecule has 0 aliphatic rings. The van der Waals surface area contributed by atoms with E-state index in [1.54, 1.807) is 19.1 Å². The Balaban J connectivity index is 2.44. The van der Waals surface area contributed by atoms with Crippen molar-refractivity contribution >= 4 is 17.9 Å². The zero-order valence-electron chi connectivity index (χ0n) is 8.08. The molecule has 1 amide bonds. The van der Waals surface area contributed by atoms with Crippen molar-refractivity contribution in [2.75, 3.05) is 6.54 Å². The number of nitrogens with one attached hydrogen (secondary N) is 2. The van der Waals surface area contributed by atoms with E-state index < -0.39 is 5.91 Å². The summed E-state index contributed by atoms with van der Waals surface area (Å²) in [6.07, 6.45) is 0. The Morgan fingerprint density at radius 2 is 2.33 bits per heavy atom. The summed E-state index contributed by atoms with van der Waals surface area (Å²) in [6, 6.07) is 4.65. The number of hydroxylamine groups is 1. The maximum absolute atomic E-state index is 12.9. The molecule has 0 radical (unpaired) electrons. The topological polar surface area (TPSA) is 61.4 Å². The van der Waals surface area contributed by atoms with Gasteiger partial charge in [0.05, 0.1) is 6.54 Å². The second kappa shape index (κ2) is 5.69. The third-order valence-electron chi connectivity index (χ3n) is 1.68. The van der Waals surface area contributed by atoms with Crippen LogP contribution in [0.3, 0.4) is 0 Å². The molecule has 0 atom stereocenters. The van der Waals surface area contributed by atoms with Gasteiger partial charge in [0.15, 0.2) is 0 Å². The minimum Gasteiger partial charge on any atom is -0.289 e. The van der Waals surface area contributed by atoms with Gasteiger partial charge in [-0.2, -0.15) is 0 Å². The van der Waals surface area contributed by atoms with Gasteiger partial charge in [-0.15, -0.1) is 0 Å². The fourth-order valence-corrected chi connectivity index (χ4v) is 1.65. The molecule has 3 N–H and O–H groups in total. The molecular formula is C9H11FN2O2S. The predicted molar refractivity (Wildman–Crippen MR) is 54.9 cm³/mol. The molecule has 82 valence electrons. The molecule has 0 unspecified atom stereocenters. The van der Waals surface area contributed by atoms with Crippen molar-refractivity contribution < 1.29 is 14.4 Å². The molecular weight excluding hydrogens is 219 g/mol. The highest BCUT2D eigenvalue weighted by atomic mass is 32.2. The first-order valence-electron chi connectivity index (χ1n) is 4.22. The summed E-state index contributed by atoms with van der Waals surface area (Å²) >= 11 is 1.20. The van der Waals surface area contributed by atoms with E-state index in [1.165, 1.54) is 23.5 Å². The lowest BCUT2D eigenvalue weighted by Gasteiger charge is -2.04. The van der Waals surface area contributed by atoms with Crippen LogP contribution in [0.2, 0.25) is 0 Å². The number of carbonyl (C=O) groups excluding carboxylic acids is 1. The smallest absolute Gasteiger partial charge is 0.258 e. The molecule has 1 rings (SSSR count). The van der Waals surface area contributed by atoms with Crippen LogP contribution in [0.5, 0.6) is 0 Å². The highest BCUT2D eigenvalue weighted by Gasteiger charge is 2.01. The largest absolute Gasteiger partial charge is 0.289 e. The molecule has 0 heterocycles. The average Bonchev–Trinajstić information content (AvgIpc) is 2.23. The van der Waals surface area contributed by atoms with Gasteiger partial charge in [-0.25, -0.2) is 9.87 Å². The van der Waals surface area contributed by atoms with Crippen LogP contribution >= 0.6 is 11.9 Å². The van der Waals surface area contributed by atoms with Crippen molar-refractivity contribution in [3.63, 3.8) is 0 Å². The second-order valence-corrected chi connectivity index (χ2v) is 3.83. The Labute approximate surface area is 91.0 Å². The van der Waals surface area contributed by atoms with Crippen molar-refractivity contribution in [2.45, 2.75) is 11.8 Å². The standard InChI is InChI=1S/C9H11FN2O2S/c1-6-4-7(2-3-8(6)10)15-11-5-9(13)12-14/h2-4,11,14H,5H2,1H3,(H,12,13). The molecule has 1 aromatic carbocycles. The monoisotopic (exact) mass is 230 g/mol. The molecule has 0 fully saturated rings. The number of hydrogen-bond donors (Lipinski definition) is 3. The first-order chi connectivity index (χ1) is 7.13. The van der Waals surface area contributed by atoms with E-state index in [2.05, 4.69) is 4.72 Å². The Morgan fingerprint density at radius 1 is 1.60 bits per heavy atom. The van der Waals surface area contributed by atoms with E-state index in [0.717, 1.165) is 4.90 Å². The molecule has 0 saturated heterocycles. The maximum atomic E-state index is 12.9. The zero-order chi connectivity index (χ0) is 11.3. The van der Waals surface area contributed by atoms with E-state index in [1.807, 2.05) is 0 Å². The summed E-state index contributed by atoms with van der Waals surface area (Å²) in [5.74, 6) is -0.784. The van der Waals surface area contributed by atoms with Crippen LogP contribution in [-0.2, 0) is 4.79 Å². The fourth-order valence-electron chi connectivity index (χ4n) is 0.905. The molecule has 0 bridgehead atoms. The number of benzene rings is 1. The van der Waals surface area contributed by atoms with Gasteiger partial charge in [0.25, 0.3) is 5.91 Å². The van der Waals surface area contributed by atoms with Gasteiger partial charge >= 0.3 is 0 Å². The van der Waals surface area contributed by atoms with Gasteiger partial charge in [-0.3, -0.25) is 14.7 Å². The average molecular weight is 230 g/mol. The van der Waals surface area contributed by atoms with Gasteiger partial charge in [0.1, 0.15) is 5.82 Å². The summed E-state index contributed by atoms with van der Waals surface area (Å²) in [5, 5.41) is 8.21. The van der Waals surface area contributed by atoms with Crippen molar-refractivity contribution in [2.24, 2.45) is 0 Å². The summed E-state index contributed by atoms with van der Waals surface area (Å²) in [5.41, 5.74) is 2.05. The SMILES string of the molecule is Cc1cc(SNCC(=O)NO)ccc1F. The van der Waals surface area contributed by atoms with Crippen LogP contribution in [0.4, 0.5) is 4.39 Å². The number of aryl methyl sites for hydroxylation is 1. The summed E-state index contributed by atoms with van der Waals surface area (Å²) < 4.78 is 15.6. The number of amides is 1. The predicted octanol–water partition coefficient (Wildman–Crippen LogP) is 1.24. The van der Waals surface area contributed by atoms with Gasteiger partial charge in [0, 0.05) is 4.90 Å². The molecule has 0 aliphatic carbocycles. The van der Waals surface area contributed by atoms with Crippen molar-refractivity contribution in [3.05, 3.63) is 29.6 Å². The highest BCUT2D eigenvalue weighted by Crippen LogP contribution is 2.17. The van der Waals surface area contributed by atoms with Crippen LogP contribution < -0.4 is 10.2 Å². The molecule has 0 saturated carbocycles. The minimum absolute atomic E-state index is 0.0163. The van der Waals surface area contributed by atoms with Gasteiger partial charge in [-0.05, 0) is 42.6 Å². The van der Waals surface area contributed by atoms with E-state index in [4.69, 9.17) is 5.21 Å². The first-order valence-corrected chi connectivity index (χ1v) is 5.04. The summed E-state index contributed by atoms with van der Waals surface area (Å²) in [6.45, 7) is 1.65. The van der Waals surface area contributed by atoms with Crippen molar-refractivity contribution in [1.29, 1.82) is 0 Å². The quantitative estimate of drug-likeness (QED) is 0.414. The Hall–Kier alpha value is -1.11. The molecule has 1 aromatic rings. The van der Waals surface area contributed by atoms with E-state index >= 15 is 0 Å². The van der Waals surface area contributed by atoms with Crippen molar-refractivity contribution in [1.82, 2.24) is 10.2 Å². The number of carbonyl (C=O) groups is 1. The molecule has 0 aliphatic heterocycles. The summed E-state index contributed by atoms with van der Waals surface area (Å²) in [4.78, 5) is 11.4. The van der Waals surface area contributed by atoms with Crippen LogP contribution in [0.15, 0.2) is 23.1 Å². The van der Waals surface area contributed by atoms with Crippen LogP contribution in [0.1, 0.15) is 5.56 Å². The van der Waals surface area contributed by atoms with Crippen LogP contribution in [0.25, 0.3) is 0 Å². The molecule has 0 aromatic heterocycles. The normalized spacial score (nSPS) is 10.1. The van der Waals surface area contributed by atoms with E-state index in [0.29, 0.717) is 5.56 Å². The number of halogens is 1. The lowest BCUT2D eigenvalue weighted by atomic mass is 10.2. The van der Waals surface area contributed by atoms with Crippen LogP contribution in [0, 0.1) is 12.7 Å². The van der Waals surface area contributed by atoms with Crippen LogP contribution in [-0.4, -0.2) is 17.7 Å². The number of rotatable bonds is 4. The minimum atomic E-state index is -0.527. The van der Waals surface area contributed by atoms with E-state index in [9.17, 15) is 9.18 Å². The lowest BCUT2D eigenvalue weighted by molar-refractivity contribution is -0.127.